The molecule has 2 rings (SSSR count). The van der Waals surface area contributed by atoms with Gasteiger partial charge in [-0.15, -0.1) is 11.3 Å². The average Bonchev–Trinajstić information content (AvgIpc) is 2.75. The normalized spacial score (nSPS) is 13.5. The van der Waals surface area contributed by atoms with Gasteiger partial charge in [-0.1, -0.05) is 12.1 Å². The molecule has 1 atom stereocenters. The van der Waals surface area contributed by atoms with Gasteiger partial charge < -0.3 is 5.73 Å². The minimum atomic E-state index is -4.30. The van der Waals surface area contributed by atoms with Crippen molar-refractivity contribution in [3.63, 3.8) is 0 Å². The lowest BCUT2D eigenvalue weighted by atomic mass is 10.0. The Labute approximate surface area is 113 Å². The monoisotopic (exact) mass is 286 g/mol. The third-order valence-corrected chi connectivity index (χ3v) is 3.92. The number of halogens is 3. The van der Waals surface area contributed by atoms with Crippen LogP contribution in [0.15, 0.2) is 29.8 Å². The zero-order chi connectivity index (χ0) is 14.0. The molecule has 0 fully saturated rings. The van der Waals surface area contributed by atoms with Crippen molar-refractivity contribution in [3.8, 4) is 0 Å². The Hall–Kier alpha value is -1.40. The molecule has 6 heteroatoms. The number of aryl methyl sites for hydroxylation is 1. The Morgan fingerprint density at radius 2 is 1.89 bits per heavy atom. The molecule has 0 aliphatic heterocycles. The molecule has 0 spiro atoms. The number of alkyl halides is 3. The van der Waals surface area contributed by atoms with Crippen LogP contribution in [0.25, 0.3) is 0 Å². The van der Waals surface area contributed by atoms with Gasteiger partial charge in [-0.3, -0.25) is 0 Å². The Morgan fingerprint density at radius 3 is 2.37 bits per heavy atom. The summed E-state index contributed by atoms with van der Waals surface area (Å²) >= 11 is 1.47. The van der Waals surface area contributed by atoms with Crippen LogP contribution >= 0.6 is 11.3 Å². The van der Waals surface area contributed by atoms with E-state index in [9.17, 15) is 13.2 Å². The van der Waals surface area contributed by atoms with Crippen LogP contribution < -0.4 is 5.73 Å². The summed E-state index contributed by atoms with van der Waals surface area (Å²) < 4.78 is 37.3. The maximum atomic E-state index is 12.4. The highest BCUT2D eigenvalue weighted by molar-refractivity contribution is 7.09. The first-order chi connectivity index (χ1) is 8.88. The highest BCUT2D eigenvalue weighted by Gasteiger charge is 2.30. The number of hydrogen-bond donors (Lipinski definition) is 1. The molecule has 2 N–H and O–H groups in total. The molecule has 0 amide bonds. The molecule has 19 heavy (non-hydrogen) atoms. The summed E-state index contributed by atoms with van der Waals surface area (Å²) in [6.07, 6.45) is -3.80. The molecule has 2 aromatic rings. The molecule has 102 valence electrons. The van der Waals surface area contributed by atoms with E-state index in [1.807, 2.05) is 6.92 Å². The highest BCUT2D eigenvalue weighted by atomic mass is 32.1. The van der Waals surface area contributed by atoms with Crippen molar-refractivity contribution in [2.24, 2.45) is 5.73 Å². The van der Waals surface area contributed by atoms with E-state index < -0.39 is 11.7 Å². The summed E-state index contributed by atoms with van der Waals surface area (Å²) in [6.45, 7) is 1.87. The maximum Gasteiger partial charge on any atom is 0.416 e. The summed E-state index contributed by atoms with van der Waals surface area (Å²) in [5, 5.41) is 0. The van der Waals surface area contributed by atoms with Crippen molar-refractivity contribution in [2.75, 3.05) is 0 Å². The number of benzene rings is 1. The molecule has 0 saturated heterocycles. The number of rotatable bonds is 3. The summed E-state index contributed by atoms with van der Waals surface area (Å²) in [5.41, 5.74) is 8.79. The average molecular weight is 286 g/mol. The summed E-state index contributed by atoms with van der Waals surface area (Å²) in [5.74, 6) is 0. The standard InChI is InChI=1S/C13H13F3N2S/c1-8-12(19-7-18-8)11(17)6-9-2-4-10(5-3-9)13(14,15)16/h2-5,7,11H,6,17H2,1H3. The van der Waals surface area contributed by atoms with E-state index in [0.29, 0.717) is 6.42 Å². The molecule has 0 radical (unpaired) electrons. The molecule has 1 aromatic carbocycles. The minimum absolute atomic E-state index is 0.232. The number of nitrogens with two attached hydrogens (primary N) is 1. The third kappa shape index (κ3) is 3.33. The Balaban J connectivity index is 2.10. The predicted octanol–water partition coefficient (Wildman–Crippen LogP) is 3.71. The van der Waals surface area contributed by atoms with E-state index in [4.69, 9.17) is 5.73 Å². The van der Waals surface area contributed by atoms with Crippen molar-refractivity contribution in [3.05, 3.63) is 51.5 Å². The lowest BCUT2D eigenvalue weighted by Gasteiger charge is -2.12. The third-order valence-electron chi connectivity index (χ3n) is 2.86. The minimum Gasteiger partial charge on any atom is -0.323 e. The molecule has 1 unspecified atom stereocenters. The molecule has 0 saturated carbocycles. The Kier molecular flexibility index (Phi) is 3.91. The first-order valence-electron chi connectivity index (χ1n) is 5.69. The topological polar surface area (TPSA) is 38.9 Å². The fourth-order valence-electron chi connectivity index (χ4n) is 1.84. The summed E-state index contributed by atoms with van der Waals surface area (Å²) in [7, 11) is 0. The summed E-state index contributed by atoms with van der Waals surface area (Å²) in [6, 6.07) is 4.88. The molecule has 2 nitrogen and oxygen atoms in total. The molecule has 0 aliphatic carbocycles. The van der Waals surface area contributed by atoms with Gasteiger partial charge >= 0.3 is 6.18 Å². The van der Waals surface area contributed by atoms with Crippen molar-refractivity contribution in [1.82, 2.24) is 4.98 Å². The second-order valence-corrected chi connectivity index (χ2v) is 5.19. The molecular formula is C13H13F3N2S. The fourth-order valence-corrected chi connectivity index (χ4v) is 2.65. The molecule has 1 heterocycles. The molecule has 1 aromatic heterocycles. The first-order valence-corrected chi connectivity index (χ1v) is 6.57. The highest BCUT2D eigenvalue weighted by Crippen LogP contribution is 2.30. The number of thiazole rings is 1. The fraction of sp³-hybridized carbons (Fsp3) is 0.308. The van der Waals surface area contributed by atoms with Gasteiger partial charge in [0.05, 0.1) is 16.8 Å². The van der Waals surface area contributed by atoms with Gasteiger partial charge in [-0.25, -0.2) is 4.98 Å². The Bertz CT molecular complexity index is 546. The van der Waals surface area contributed by atoms with E-state index in [0.717, 1.165) is 28.3 Å². The second-order valence-electron chi connectivity index (χ2n) is 4.31. The smallest absolute Gasteiger partial charge is 0.323 e. The van der Waals surface area contributed by atoms with Crippen molar-refractivity contribution in [2.45, 2.75) is 25.6 Å². The van der Waals surface area contributed by atoms with Crippen molar-refractivity contribution in [1.29, 1.82) is 0 Å². The molecule has 0 aliphatic rings. The Morgan fingerprint density at radius 1 is 1.26 bits per heavy atom. The van der Waals surface area contributed by atoms with Gasteiger partial charge in [-0.2, -0.15) is 13.2 Å². The van der Waals surface area contributed by atoms with Crippen LogP contribution in [-0.4, -0.2) is 4.98 Å². The zero-order valence-corrected chi connectivity index (χ0v) is 11.1. The quantitative estimate of drug-likeness (QED) is 0.934. The van der Waals surface area contributed by atoms with Crippen molar-refractivity contribution < 1.29 is 13.2 Å². The lowest BCUT2D eigenvalue weighted by Crippen LogP contribution is -2.13. The maximum absolute atomic E-state index is 12.4. The lowest BCUT2D eigenvalue weighted by molar-refractivity contribution is -0.137. The van der Waals surface area contributed by atoms with Crippen LogP contribution in [0.3, 0.4) is 0 Å². The largest absolute Gasteiger partial charge is 0.416 e. The van der Waals surface area contributed by atoms with Gasteiger partial charge in [0.15, 0.2) is 0 Å². The van der Waals surface area contributed by atoms with E-state index in [1.165, 1.54) is 23.5 Å². The van der Waals surface area contributed by atoms with Crippen LogP contribution in [0.4, 0.5) is 13.2 Å². The van der Waals surface area contributed by atoms with Gasteiger partial charge in [0.2, 0.25) is 0 Å². The van der Waals surface area contributed by atoms with Gasteiger partial charge in [0, 0.05) is 10.9 Å². The van der Waals surface area contributed by atoms with Crippen LogP contribution in [0.1, 0.15) is 27.7 Å². The second kappa shape index (κ2) is 5.30. The van der Waals surface area contributed by atoms with Crippen LogP contribution in [0.5, 0.6) is 0 Å². The number of nitrogens with zero attached hydrogens (tertiary/aromatic N) is 1. The molecular weight excluding hydrogens is 273 g/mol. The first kappa shape index (κ1) is 14.0. The van der Waals surface area contributed by atoms with Crippen molar-refractivity contribution >= 4 is 11.3 Å². The number of hydrogen-bond acceptors (Lipinski definition) is 3. The van der Waals surface area contributed by atoms with Gasteiger partial charge in [-0.05, 0) is 31.0 Å². The predicted molar refractivity (Wildman–Crippen MR) is 68.9 cm³/mol. The number of aromatic nitrogens is 1. The van der Waals surface area contributed by atoms with E-state index >= 15 is 0 Å². The van der Waals surface area contributed by atoms with Gasteiger partial charge in [0.25, 0.3) is 0 Å². The van der Waals surface area contributed by atoms with E-state index in [2.05, 4.69) is 4.98 Å². The van der Waals surface area contributed by atoms with E-state index in [-0.39, 0.29) is 6.04 Å². The van der Waals surface area contributed by atoms with Crippen LogP contribution in [0, 0.1) is 6.92 Å². The van der Waals surface area contributed by atoms with Crippen LogP contribution in [0.2, 0.25) is 0 Å². The van der Waals surface area contributed by atoms with Gasteiger partial charge in [0.1, 0.15) is 0 Å². The molecule has 0 bridgehead atoms. The SMILES string of the molecule is Cc1ncsc1C(N)Cc1ccc(C(F)(F)F)cc1. The van der Waals surface area contributed by atoms with Crippen LogP contribution in [-0.2, 0) is 12.6 Å². The summed E-state index contributed by atoms with van der Waals surface area (Å²) in [4.78, 5) is 5.09. The zero-order valence-electron chi connectivity index (χ0n) is 10.2. The van der Waals surface area contributed by atoms with E-state index in [1.54, 1.807) is 5.51 Å².